The Kier molecular flexibility index (Phi) is 3.52. The van der Waals surface area contributed by atoms with Crippen molar-refractivity contribution in [2.75, 3.05) is 11.9 Å². The highest BCUT2D eigenvalue weighted by Crippen LogP contribution is 2.34. The molecule has 2 aliphatic heterocycles. The van der Waals surface area contributed by atoms with Gasteiger partial charge in [-0.25, -0.2) is 4.68 Å². The van der Waals surface area contributed by atoms with Crippen LogP contribution in [0.4, 0.5) is 5.82 Å². The van der Waals surface area contributed by atoms with Gasteiger partial charge in [-0.3, -0.25) is 0 Å². The van der Waals surface area contributed by atoms with Crippen LogP contribution in [0.15, 0.2) is 6.07 Å². The lowest BCUT2D eigenvalue weighted by Crippen LogP contribution is -2.32. The van der Waals surface area contributed by atoms with E-state index in [-0.39, 0.29) is 0 Å². The Balaban J connectivity index is 1.81. The van der Waals surface area contributed by atoms with Crippen LogP contribution in [-0.2, 0) is 11.2 Å². The topological polar surface area (TPSA) is 39.1 Å². The largest absolute Gasteiger partial charge is 0.373 e. The van der Waals surface area contributed by atoms with Crippen molar-refractivity contribution in [2.24, 2.45) is 5.92 Å². The number of ether oxygens (including phenoxy) is 1. The summed E-state index contributed by atoms with van der Waals surface area (Å²) < 4.78 is 8.24. The van der Waals surface area contributed by atoms with Gasteiger partial charge in [-0.05, 0) is 38.5 Å². The first kappa shape index (κ1) is 13.0. The molecule has 1 N–H and O–H groups in total. The Morgan fingerprint density at radius 3 is 2.95 bits per heavy atom. The fourth-order valence-corrected chi connectivity index (χ4v) is 3.28. The summed E-state index contributed by atoms with van der Waals surface area (Å²) in [4.78, 5) is 0. The maximum absolute atomic E-state index is 6.06. The monoisotopic (exact) mass is 263 g/mol. The molecule has 0 amide bonds. The van der Waals surface area contributed by atoms with Crippen molar-refractivity contribution >= 4 is 5.82 Å². The third-order valence-electron chi connectivity index (χ3n) is 4.16. The van der Waals surface area contributed by atoms with Gasteiger partial charge in [0.15, 0.2) is 0 Å². The van der Waals surface area contributed by atoms with Crippen molar-refractivity contribution in [3.8, 4) is 0 Å². The number of anilines is 1. The Morgan fingerprint density at radius 2 is 2.26 bits per heavy atom. The highest BCUT2D eigenvalue weighted by Gasteiger charge is 2.34. The van der Waals surface area contributed by atoms with Gasteiger partial charge >= 0.3 is 0 Å². The zero-order valence-electron chi connectivity index (χ0n) is 12.2. The maximum atomic E-state index is 6.06. The number of rotatable bonds is 3. The molecule has 1 aromatic heterocycles. The van der Waals surface area contributed by atoms with Crippen LogP contribution in [0, 0.1) is 5.92 Å². The highest BCUT2D eigenvalue weighted by molar-refractivity contribution is 5.39. The zero-order chi connectivity index (χ0) is 13.4. The molecule has 3 heterocycles. The van der Waals surface area contributed by atoms with Crippen LogP contribution in [-0.4, -0.2) is 28.5 Å². The molecular weight excluding hydrogens is 238 g/mol. The molecule has 4 nitrogen and oxygen atoms in total. The van der Waals surface area contributed by atoms with E-state index in [1.54, 1.807) is 0 Å². The Hall–Kier alpha value is -1.03. The van der Waals surface area contributed by atoms with Gasteiger partial charge < -0.3 is 10.1 Å². The molecule has 4 heteroatoms. The Morgan fingerprint density at radius 1 is 1.42 bits per heavy atom. The highest BCUT2D eigenvalue weighted by atomic mass is 16.5. The van der Waals surface area contributed by atoms with E-state index in [2.05, 4.69) is 36.8 Å². The van der Waals surface area contributed by atoms with Crippen molar-refractivity contribution in [1.82, 2.24) is 9.78 Å². The van der Waals surface area contributed by atoms with Crippen molar-refractivity contribution in [3.63, 3.8) is 0 Å². The molecular formula is C15H25N3O. The van der Waals surface area contributed by atoms with Gasteiger partial charge in [0, 0.05) is 12.6 Å². The van der Waals surface area contributed by atoms with E-state index >= 15 is 0 Å². The molecule has 0 radical (unpaired) electrons. The first-order valence-electron chi connectivity index (χ1n) is 7.61. The van der Waals surface area contributed by atoms with E-state index in [4.69, 9.17) is 9.84 Å². The summed E-state index contributed by atoms with van der Waals surface area (Å²) in [5.41, 5.74) is 1.20. The van der Waals surface area contributed by atoms with Crippen LogP contribution in [0.25, 0.3) is 0 Å². The molecule has 0 bridgehead atoms. The van der Waals surface area contributed by atoms with Gasteiger partial charge in [0.2, 0.25) is 0 Å². The summed E-state index contributed by atoms with van der Waals surface area (Å²) in [5, 5.41) is 8.28. The minimum atomic E-state index is 0.350. The summed E-state index contributed by atoms with van der Waals surface area (Å²) in [5.74, 6) is 1.83. The molecule has 1 saturated heterocycles. The second-order valence-electron chi connectivity index (χ2n) is 6.41. The van der Waals surface area contributed by atoms with Gasteiger partial charge in [-0.2, -0.15) is 5.10 Å². The van der Waals surface area contributed by atoms with Gasteiger partial charge in [-0.1, -0.05) is 13.8 Å². The van der Waals surface area contributed by atoms with E-state index in [0.29, 0.717) is 24.2 Å². The average Bonchev–Trinajstić information content (AvgIpc) is 2.93. The third kappa shape index (κ3) is 2.64. The lowest BCUT2D eigenvalue weighted by atomic mass is 10.0. The average molecular weight is 263 g/mol. The molecule has 2 aliphatic rings. The first-order valence-corrected chi connectivity index (χ1v) is 7.61. The van der Waals surface area contributed by atoms with Gasteiger partial charge in [-0.15, -0.1) is 0 Å². The molecule has 0 aliphatic carbocycles. The van der Waals surface area contributed by atoms with E-state index in [1.165, 1.54) is 24.4 Å². The van der Waals surface area contributed by atoms with E-state index in [1.807, 2.05) is 0 Å². The van der Waals surface area contributed by atoms with Crippen LogP contribution in [0.5, 0.6) is 0 Å². The molecule has 3 rings (SSSR count). The zero-order valence-corrected chi connectivity index (χ0v) is 12.2. The van der Waals surface area contributed by atoms with E-state index < -0.39 is 0 Å². The Labute approximate surface area is 115 Å². The lowest BCUT2D eigenvalue weighted by molar-refractivity contribution is 0.0172. The second kappa shape index (κ2) is 5.16. The predicted molar refractivity (Wildman–Crippen MR) is 76.5 cm³/mol. The number of nitrogens with zero attached hydrogens (tertiary/aromatic N) is 2. The summed E-state index contributed by atoms with van der Waals surface area (Å²) in [6.07, 6.45) is 5.29. The number of aromatic nitrogens is 2. The maximum Gasteiger partial charge on any atom is 0.124 e. The number of fused-ring (bicyclic) bond motifs is 1. The molecule has 19 heavy (non-hydrogen) atoms. The summed E-state index contributed by atoms with van der Waals surface area (Å²) >= 11 is 0. The molecule has 3 atom stereocenters. The minimum absolute atomic E-state index is 0.350. The summed E-state index contributed by atoms with van der Waals surface area (Å²) in [6.45, 7) is 7.69. The summed E-state index contributed by atoms with van der Waals surface area (Å²) in [6, 6.07) is 2.63. The van der Waals surface area contributed by atoms with Crippen molar-refractivity contribution in [3.05, 3.63) is 11.8 Å². The van der Waals surface area contributed by atoms with E-state index in [0.717, 1.165) is 19.4 Å². The fourth-order valence-electron chi connectivity index (χ4n) is 3.28. The molecule has 3 unspecified atom stereocenters. The van der Waals surface area contributed by atoms with Crippen molar-refractivity contribution in [2.45, 2.75) is 64.7 Å². The molecule has 1 fully saturated rings. The molecule has 0 spiro atoms. The third-order valence-corrected chi connectivity index (χ3v) is 4.16. The number of nitrogens with one attached hydrogen (secondary N) is 1. The van der Waals surface area contributed by atoms with Gasteiger partial charge in [0.1, 0.15) is 5.82 Å². The quantitative estimate of drug-likeness (QED) is 0.911. The first-order chi connectivity index (χ1) is 9.13. The van der Waals surface area contributed by atoms with Gasteiger partial charge in [0.05, 0.1) is 23.9 Å². The fraction of sp³-hybridized carbons (Fsp3) is 0.800. The molecule has 106 valence electrons. The van der Waals surface area contributed by atoms with E-state index in [9.17, 15) is 0 Å². The molecule has 0 aromatic carbocycles. The standard InChI is InChI=1S/C15H25N3O/c1-10(2)8-12-9-15-16-7-6-13(18(15)17-12)14-5-4-11(3)19-14/h9-11,13-14,16H,4-8H2,1-3H3. The van der Waals surface area contributed by atoms with Crippen LogP contribution in [0.1, 0.15) is 51.8 Å². The molecule has 1 aromatic rings. The Bertz CT molecular complexity index is 441. The van der Waals surface area contributed by atoms with Gasteiger partial charge in [0.25, 0.3) is 0 Å². The SMILES string of the molecule is CC(C)Cc1cc2n(n1)C(C1CCC(C)O1)CCN2. The second-order valence-corrected chi connectivity index (χ2v) is 6.41. The minimum Gasteiger partial charge on any atom is -0.373 e. The summed E-state index contributed by atoms with van der Waals surface area (Å²) in [7, 11) is 0. The predicted octanol–water partition coefficient (Wildman–Crippen LogP) is 3.01. The number of hydrogen-bond donors (Lipinski definition) is 1. The molecule has 0 saturated carbocycles. The number of hydrogen-bond acceptors (Lipinski definition) is 3. The lowest BCUT2D eigenvalue weighted by Gasteiger charge is -2.29. The van der Waals surface area contributed by atoms with Crippen LogP contribution in [0.2, 0.25) is 0 Å². The van der Waals surface area contributed by atoms with Crippen LogP contribution >= 0.6 is 0 Å². The smallest absolute Gasteiger partial charge is 0.124 e. The van der Waals surface area contributed by atoms with Crippen LogP contribution < -0.4 is 5.32 Å². The van der Waals surface area contributed by atoms with Crippen molar-refractivity contribution < 1.29 is 4.74 Å². The van der Waals surface area contributed by atoms with Crippen molar-refractivity contribution in [1.29, 1.82) is 0 Å². The normalized spacial score (nSPS) is 30.4. The van der Waals surface area contributed by atoms with Crippen LogP contribution in [0.3, 0.4) is 0 Å².